The fraction of sp³-hybridized carbons (Fsp3) is 0.364. The normalized spacial score (nSPS) is 14.3. The van der Waals surface area contributed by atoms with Gasteiger partial charge in [-0.1, -0.05) is 0 Å². The molecule has 0 saturated carbocycles. The van der Waals surface area contributed by atoms with Crippen LogP contribution >= 0.6 is 0 Å². The maximum atomic E-state index is 12.6. The van der Waals surface area contributed by atoms with Crippen molar-refractivity contribution in [3.63, 3.8) is 0 Å². The molecule has 8 heteroatoms. The molecule has 8 nitrogen and oxygen atoms in total. The van der Waals surface area contributed by atoms with Gasteiger partial charge < -0.3 is 14.4 Å². The van der Waals surface area contributed by atoms with Crippen LogP contribution in [-0.4, -0.2) is 42.5 Å². The standard InChI is InChI=1S/C22H24N2O6/c1-3-29-18-9-6-16(7-10-18)21(25)15(2)30-22(26)17-8-11-19(20(14-17)24(27)28)23-12-4-5-13-23/h6-11,14-15H,3-5,12-13H2,1-2H3/t15-/m0/s1. The van der Waals surface area contributed by atoms with E-state index < -0.39 is 17.0 Å². The lowest BCUT2D eigenvalue weighted by Crippen LogP contribution is -2.24. The van der Waals surface area contributed by atoms with Crippen molar-refractivity contribution in [1.82, 2.24) is 0 Å². The van der Waals surface area contributed by atoms with Crippen molar-refractivity contribution in [3.8, 4) is 5.75 Å². The molecule has 0 aromatic heterocycles. The first-order valence-corrected chi connectivity index (χ1v) is 9.92. The fourth-order valence-corrected chi connectivity index (χ4v) is 3.42. The minimum absolute atomic E-state index is 0.0380. The van der Waals surface area contributed by atoms with E-state index in [9.17, 15) is 19.7 Å². The zero-order valence-corrected chi connectivity index (χ0v) is 17.0. The van der Waals surface area contributed by atoms with Crippen LogP contribution in [0.4, 0.5) is 11.4 Å². The van der Waals surface area contributed by atoms with Gasteiger partial charge in [-0.05, 0) is 63.1 Å². The van der Waals surface area contributed by atoms with Gasteiger partial charge in [-0.2, -0.15) is 0 Å². The van der Waals surface area contributed by atoms with Gasteiger partial charge in [-0.25, -0.2) is 4.79 Å². The summed E-state index contributed by atoms with van der Waals surface area (Å²) in [7, 11) is 0. The summed E-state index contributed by atoms with van der Waals surface area (Å²) in [5, 5.41) is 11.5. The van der Waals surface area contributed by atoms with Crippen molar-refractivity contribution >= 4 is 23.1 Å². The predicted octanol–water partition coefficient (Wildman–Crippen LogP) is 4.02. The van der Waals surface area contributed by atoms with E-state index in [1.807, 2.05) is 11.8 Å². The molecule has 0 amide bonds. The number of nitro benzene ring substituents is 1. The van der Waals surface area contributed by atoms with E-state index in [0.29, 0.717) is 23.6 Å². The number of rotatable bonds is 8. The van der Waals surface area contributed by atoms with Crippen LogP contribution in [0.15, 0.2) is 42.5 Å². The predicted molar refractivity (Wildman–Crippen MR) is 111 cm³/mol. The van der Waals surface area contributed by atoms with Crippen molar-refractivity contribution < 1.29 is 24.0 Å². The molecule has 0 spiro atoms. The van der Waals surface area contributed by atoms with Crippen LogP contribution in [0.25, 0.3) is 0 Å². The van der Waals surface area contributed by atoms with Crippen molar-refractivity contribution in [2.75, 3.05) is 24.6 Å². The van der Waals surface area contributed by atoms with E-state index in [0.717, 1.165) is 25.9 Å². The maximum absolute atomic E-state index is 12.6. The van der Waals surface area contributed by atoms with Crippen LogP contribution < -0.4 is 9.64 Å². The Morgan fingerprint density at radius 1 is 1.10 bits per heavy atom. The zero-order valence-electron chi connectivity index (χ0n) is 17.0. The zero-order chi connectivity index (χ0) is 21.7. The van der Waals surface area contributed by atoms with Gasteiger partial charge in [0.05, 0.1) is 17.1 Å². The van der Waals surface area contributed by atoms with Gasteiger partial charge in [0.2, 0.25) is 5.78 Å². The van der Waals surface area contributed by atoms with E-state index in [4.69, 9.17) is 9.47 Å². The van der Waals surface area contributed by atoms with E-state index in [1.54, 1.807) is 30.3 Å². The molecule has 0 aliphatic carbocycles. The molecule has 158 valence electrons. The number of carbonyl (C=O) groups excluding carboxylic acids is 2. The maximum Gasteiger partial charge on any atom is 0.339 e. The van der Waals surface area contributed by atoms with Gasteiger partial charge in [0.15, 0.2) is 6.10 Å². The summed E-state index contributed by atoms with van der Waals surface area (Å²) in [5.41, 5.74) is 0.773. The van der Waals surface area contributed by atoms with Crippen LogP contribution in [0.3, 0.4) is 0 Å². The number of ketones is 1. The lowest BCUT2D eigenvalue weighted by Gasteiger charge is -2.18. The summed E-state index contributed by atoms with van der Waals surface area (Å²) in [4.78, 5) is 38.0. The van der Waals surface area contributed by atoms with Gasteiger partial charge in [-0.15, -0.1) is 0 Å². The quantitative estimate of drug-likeness (QED) is 0.279. The molecule has 2 aromatic rings. The number of nitro groups is 1. The molecular formula is C22H24N2O6. The minimum atomic E-state index is -1.03. The van der Waals surface area contributed by atoms with Crippen LogP contribution in [0.1, 0.15) is 47.4 Å². The molecule has 1 atom stereocenters. The van der Waals surface area contributed by atoms with Crippen molar-refractivity contribution in [1.29, 1.82) is 0 Å². The first-order chi connectivity index (χ1) is 14.4. The molecule has 1 saturated heterocycles. The van der Waals surface area contributed by atoms with Crippen LogP contribution in [0.2, 0.25) is 0 Å². The lowest BCUT2D eigenvalue weighted by atomic mass is 10.1. The summed E-state index contributed by atoms with van der Waals surface area (Å²) in [6.07, 6.45) is 0.922. The number of benzene rings is 2. The Kier molecular flexibility index (Phi) is 6.66. The highest BCUT2D eigenvalue weighted by Crippen LogP contribution is 2.32. The molecule has 1 fully saturated rings. The van der Waals surface area contributed by atoms with Crippen molar-refractivity contribution in [2.24, 2.45) is 0 Å². The topological polar surface area (TPSA) is 99.0 Å². The molecular weight excluding hydrogens is 388 g/mol. The number of nitrogens with zero attached hydrogens (tertiary/aromatic N) is 2. The number of ether oxygens (including phenoxy) is 2. The summed E-state index contributed by atoms with van der Waals surface area (Å²) in [6.45, 7) is 5.35. The van der Waals surface area contributed by atoms with Gasteiger partial charge in [0, 0.05) is 24.7 Å². The third-order valence-corrected chi connectivity index (χ3v) is 4.96. The Morgan fingerprint density at radius 2 is 1.73 bits per heavy atom. The van der Waals surface area contributed by atoms with Gasteiger partial charge in [0.25, 0.3) is 5.69 Å². The molecule has 3 rings (SSSR count). The summed E-state index contributed by atoms with van der Waals surface area (Å²) >= 11 is 0. The number of anilines is 1. The molecule has 1 aliphatic heterocycles. The molecule has 0 unspecified atom stereocenters. The molecule has 0 bridgehead atoms. The largest absolute Gasteiger partial charge is 0.494 e. The Labute approximate surface area is 174 Å². The average molecular weight is 412 g/mol. The van der Waals surface area contributed by atoms with E-state index in [1.165, 1.54) is 19.1 Å². The van der Waals surface area contributed by atoms with E-state index in [2.05, 4.69) is 0 Å². The number of hydrogen-bond acceptors (Lipinski definition) is 7. The molecule has 0 N–H and O–H groups in total. The van der Waals surface area contributed by atoms with Crippen LogP contribution in [0, 0.1) is 10.1 Å². The Hall–Kier alpha value is -3.42. The lowest BCUT2D eigenvalue weighted by molar-refractivity contribution is -0.384. The molecule has 0 radical (unpaired) electrons. The molecule has 2 aromatic carbocycles. The second-order valence-electron chi connectivity index (χ2n) is 7.02. The van der Waals surface area contributed by atoms with Gasteiger partial charge in [-0.3, -0.25) is 14.9 Å². The van der Waals surface area contributed by atoms with Crippen molar-refractivity contribution in [2.45, 2.75) is 32.8 Å². The first kappa shape index (κ1) is 21.3. The van der Waals surface area contributed by atoms with Crippen molar-refractivity contribution in [3.05, 3.63) is 63.7 Å². The highest BCUT2D eigenvalue weighted by molar-refractivity contribution is 6.01. The number of carbonyl (C=O) groups is 2. The van der Waals surface area contributed by atoms with Gasteiger partial charge >= 0.3 is 5.97 Å². The highest BCUT2D eigenvalue weighted by atomic mass is 16.6. The first-order valence-electron chi connectivity index (χ1n) is 9.92. The Bertz CT molecular complexity index is 935. The van der Waals surface area contributed by atoms with Crippen LogP contribution in [0.5, 0.6) is 5.75 Å². The summed E-state index contributed by atoms with van der Waals surface area (Å²) < 4.78 is 10.6. The number of hydrogen-bond donors (Lipinski definition) is 0. The highest BCUT2D eigenvalue weighted by Gasteiger charge is 2.26. The van der Waals surface area contributed by atoms with E-state index in [-0.39, 0.29) is 17.0 Å². The summed E-state index contributed by atoms with van der Waals surface area (Å²) in [5.74, 6) is -0.503. The monoisotopic (exact) mass is 412 g/mol. The number of Topliss-reactive ketones (excluding diaryl/α,β-unsaturated/α-hetero) is 1. The second-order valence-corrected chi connectivity index (χ2v) is 7.02. The third kappa shape index (κ3) is 4.76. The summed E-state index contributed by atoms with van der Waals surface area (Å²) in [6, 6.07) is 10.8. The molecule has 1 aliphatic rings. The average Bonchev–Trinajstić information content (AvgIpc) is 3.28. The Morgan fingerprint density at radius 3 is 2.33 bits per heavy atom. The van der Waals surface area contributed by atoms with Gasteiger partial charge in [0.1, 0.15) is 11.4 Å². The Balaban J connectivity index is 1.72. The molecule has 30 heavy (non-hydrogen) atoms. The fourth-order valence-electron chi connectivity index (χ4n) is 3.42. The van der Waals surface area contributed by atoms with E-state index >= 15 is 0 Å². The number of esters is 1. The molecule has 1 heterocycles. The SMILES string of the molecule is CCOc1ccc(C(=O)[C@H](C)OC(=O)c2ccc(N3CCCC3)c([N+](=O)[O-])c2)cc1. The smallest absolute Gasteiger partial charge is 0.339 e. The minimum Gasteiger partial charge on any atom is -0.494 e. The van der Waals surface area contributed by atoms with Crippen LogP contribution in [-0.2, 0) is 4.74 Å². The third-order valence-electron chi connectivity index (χ3n) is 4.96. The second kappa shape index (κ2) is 9.39.